The minimum Gasteiger partial charge on any atom is -0.378 e. The van der Waals surface area contributed by atoms with Crippen molar-refractivity contribution >= 4 is 33.8 Å². The second-order valence-corrected chi connectivity index (χ2v) is 7.85. The number of quaternary nitrogens is 1. The van der Waals surface area contributed by atoms with Gasteiger partial charge >= 0.3 is 0 Å². The highest BCUT2D eigenvalue weighted by Gasteiger charge is 2.29. The number of hydrogen-bond donors (Lipinski definition) is 3. The second kappa shape index (κ2) is 7.47. The van der Waals surface area contributed by atoms with Crippen molar-refractivity contribution in [3.63, 3.8) is 0 Å². The quantitative estimate of drug-likeness (QED) is 0.735. The summed E-state index contributed by atoms with van der Waals surface area (Å²) in [5.74, 6) is -0.697. The zero-order chi connectivity index (χ0) is 18.8. The zero-order valence-corrected chi connectivity index (χ0v) is 16.2. The van der Waals surface area contributed by atoms with Gasteiger partial charge in [-0.1, -0.05) is 0 Å². The van der Waals surface area contributed by atoms with Crippen LogP contribution in [0.25, 0.3) is 0 Å². The number of nitrogens with two attached hydrogens (primary N) is 1. The molecular weight excluding hydrogens is 348 g/mol. The number of amides is 2. The molecule has 2 amide bonds. The van der Waals surface area contributed by atoms with Crippen molar-refractivity contribution in [3.8, 4) is 0 Å². The molecular formula is C19H25N4O2S+. The number of rotatable bonds is 5. The first-order valence-electron chi connectivity index (χ1n) is 8.77. The number of anilines is 2. The number of carbonyl (C=O) groups is 2. The second-order valence-electron chi connectivity index (χ2n) is 6.75. The van der Waals surface area contributed by atoms with Gasteiger partial charge in [-0.25, -0.2) is 0 Å². The van der Waals surface area contributed by atoms with Gasteiger partial charge in [-0.2, -0.15) is 0 Å². The largest absolute Gasteiger partial charge is 0.378 e. The molecule has 0 saturated heterocycles. The molecule has 3 rings (SSSR count). The zero-order valence-electron chi connectivity index (χ0n) is 15.4. The maximum absolute atomic E-state index is 12.6. The Morgan fingerprint density at radius 3 is 2.54 bits per heavy atom. The van der Waals surface area contributed by atoms with Crippen LogP contribution in [0.5, 0.6) is 0 Å². The fourth-order valence-corrected chi connectivity index (χ4v) is 4.59. The van der Waals surface area contributed by atoms with E-state index in [0.717, 1.165) is 42.2 Å². The summed E-state index contributed by atoms with van der Waals surface area (Å²) in [6.07, 6.45) is 0.820. The van der Waals surface area contributed by atoms with Crippen molar-refractivity contribution in [2.75, 3.05) is 37.4 Å². The highest BCUT2D eigenvalue weighted by molar-refractivity contribution is 7.17. The van der Waals surface area contributed by atoms with Crippen LogP contribution in [0.15, 0.2) is 24.3 Å². The summed E-state index contributed by atoms with van der Waals surface area (Å²) in [6, 6.07) is 7.36. The molecule has 1 aliphatic rings. The van der Waals surface area contributed by atoms with Crippen molar-refractivity contribution < 1.29 is 14.5 Å². The molecule has 2 aromatic rings. The minimum atomic E-state index is -0.472. The molecule has 6 nitrogen and oxygen atoms in total. The third-order valence-electron chi connectivity index (χ3n) is 4.85. The van der Waals surface area contributed by atoms with Gasteiger partial charge in [0, 0.05) is 31.8 Å². The Kier molecular flexibility index (Phi) is 5.29. The Balaban J connectivity index is 1.86. The van der Waals surface area contributed by atoms with Gasteiger partial charge in [0.05, 0.1) is 23.5 Å². The van der Waals surface area contributed by atoms with Gasteiger partial charge in [-0.05, 0) is 36.8 Å². The van der Waals surface area contributed by atoms with Crippen LogP contribution in [-0.2, 0) is 13.0 Å². The van der Waals surface area contributed by atoms with Gasteiger partial charge in [0.2, 0.25) is 0 Å². The number of hydrogen-bond acceptors (Lipinski definition) is 4. The Bertz CT molecular complexity index is 827. The summed E-state index contributed by atoms with van der Waals surface area (Å²) in [6.45, 7) is 5.07. The number of benzene rings is 1. The lowest BCUT2D eigenvalue weighted by Crippen LogP contribution is -3.11. The third-order valence-corrected chi connectivity index (χ3v) is 6.00. The lowest BCUT2D eigenvalue weighted by atomic mass is 10.0. The molecule has 138 valence electrons. The van der Waals surface area contributed by atoms with Crippen LogP contribution < -0.4 is 20.9 Å². The maximum Gasteiger partial charge on any atom is 0.256 e. The number of nitrogens with zero attached hydrogens (tertiary/aromatic N) is 1. The topological polar surface area (TPSA) is 79.9 Å². The highest BCUT2D eigenvalue weighted by Crippen LogP contribution is 2.34. The van der Waals surface area contributed by atoms with Crippen LogP contribution in [0.3, 0.4) is 0 Å². The van der Waals surface area contributed by atoms with Gasteiger partial charge in [0.15, 0.2) is 0 Å². The normalized spacial score (nSPS) is 16.0. The van der Waals surface area contributed by atoms with Gasteiger partial charge in [0.1, 0.15) is 11.5 Å². The molecule has 4 N–H and O–H groups in total. The summed E-state index contributed by atoms with van der Waals surface area (Å²) in [7, 11) is 3.90. The average molecular weight is 374 g/mol. The summed E-state index contributed by atoms with van der Waals surface area (Å²) < 4.78 is 0. The van der Waals surface area contributed by atoms with E-state index in [1.165, 1.54) is 16.2 Å². The molecule has 1 aliphatic heterocycles. The van der Waals surface area contributed by atoms with Gasteiger partial charge in [-0.3, -0.25) is 9.59 Å². The monoisotopic (exact) mass is 373 g/mol. The standard InChI is InChI=1S/C19H24N4O2S/c1-4-23-10-9-14-15(11-23)26-19(16(14)17(20)24)21-18(25)12-5-7-13(8-6-12)22(2)3/h5-8H,4,9-11H2,1-3H3,(H2,20,24)(H,21,25)/p+1. The molecule has 1 aromatic heterocycles. The average Bonchev–Trinajstić information content (AvgIpc) is 2.98. The predicted octanol–water partition coefficient (Wildman–Crippen LogP) is 1.13. The fraction of sp³-hybridized carbons (Fsp3) is 0.368. The van der Waals surface area contributed by atoms with E-state index in [4.69, 9.17) is 5.73 Å². The maximum atomic E-state index is 12.6. The number of nitrogens with one attached hydrogen (secondary N) is 2. The molecule has 0 fully saturated rings. The third kappa shape index (κ3) is 3.59. The smallest absolute Gasteiger partial charge is 0.256 e. The SMILES string of the molecule is CC[NH+]1CCc2c(sc(NC(=O)c3ccc(N(C)C)cc3)c2C(N)=O)C1. The summed E-state index contributed by atoms with van der Waals surface area (Å²) in [4.78, 5) is 29.2. The summed E-state index contributed by atoms with van der Waals surface area (Å²) in [5.41, 5.74) is 8.69. The molecule has 0 bridgehead atoms. The molecule has 0 aliphatic carbocycles. The Hall–Kier alpha value is -2.38. The Morgan fingerprint density at radius 1 is 1.27 bits per heavy atom. The lowest BCUT2D eigenvalue weighted by Gasteiger charge is -2.22. The number of carbonyl (C=O) groups excluding carboxylic acids is 2. The van der Waals surface area contributed by atoms with Gasteiger partial charge in [0.25, 0.3) is 11.8 Å². The Labute approximate surface area is 157 Å². The molecule has 1 aromatic carbocycles. The molecule has 7 heteroatoms. The van der Waals surface area contributed by atoms with Crippen molar-refractivity contribution in [2.24, 2.45) is 5.73 Å². The fourth-order valence-electron chi connectivity index (χ4n) is 3.27. The van der Waals surface area contributed by atoms with Gasteiger partial charge < -0.3 is 20.9 Å². The molecule has 0 saturated carbocycles. The molecule has 1 atom stereocenters. The highest BCUT2D eigenvalue weighted by atomic mass is 32.1. The van der Waals surface area contributed by atoms with E-state index in [-0.39, 0.29) is 5.91 Å². The van der Waals surface area contributed by atoms with E-state index >= 15 is 0 Å². The number of thiophene rings is 1. The van der Waals surface area contributed by atoms with Crippen molar-refractivity contribution in [2.45, 2.75) is 19.9 Å². The van der Waals surface area contributed by atoms with E-state index in [2.05, 4.69) is 12.2 Å². The number of likely N-dealkylation sites (N-methyl/N-ethyl adjacent to an activating group) is 1. The first-order chi connectivity index (χ1) is 12.4. The first kappa shape index (κ1) is 18.4. The van der Waals surface area contributed by atoms with E-state index in [0.29, 0.717) is 16.1 Å². The number of primary amides is 1. The molecule has 0 spiro atoms. The molecule has 1 unspecified atom stereocenters. The van der Waals surface area contributed by atoms with E-state index < -0.39 is 5.91 Å². The van der Waals surface area contributed by atoms with Gasteiger partial charge in [-0.15, -0.1) is 11.3 Å². The predicted molar refractivity (Wildman–Crippen MR) is 105 cm³/mol. The van der Waals surface area contributed by atoms with Crippen LogP contribution in [0.4, 0.5) is 10.7 Å². The summed E-state index contributed by atoms with van der Waals surface area (Å²) >= 11 is 1.48. The lowest BCUT2D eigenvalue weighted by molar-refractivity contribution is -0.913. The molecule has 2 heterocycles. The van der Waals surface area contributed by atoms with E-state index in [1.807, 2.05) is 31.1 Å². The minimum absolute atomic E-state index is 0.226. The van der Waals surface area contributed by atoms with E-state index in [1.54, 1.807) is 12.1 Å². The van der Waals surface area contributed by atoms with Crippen LogP contribution in [-0.4, -0.2) is 39.0 Å². The van der Waals surface area contributed by atoms with Crippen LogP contribution in [0.1, 0.15) is 38.1 Å². The molecule has 0 radical (unpaired) electrons. The van der Waals surface area contributed by atoms with Crippen molar-refractivity contribution in [3.05, 3.63) is 45.8 Å². The van der Waals surface area contributed by atoms with Crippen molar-refractivity contribution in [1.29, 1.82) is 0 Å². The number of fused-ring (bicyclic) bond motifs is 1. The van der Waals surface area contributed by atoms with Crippen LogP contribution in [0.2, 0.25) is 0 Å². The summed E-state index contributed by atoms with van der Waals surface area (Å²) in [5, 5.41) is 3.47. The Morgan fingerprint density at radius 2 is 1.96 bits per heavy atom. The molecule has 26 heavy (non-hydrogen) atoms. The van der Waals surface area contributed by atoms with Crippen molar-refractivity contribution in [1.82, 2.24) is 0 Å². The van der Waals surface area contributed by atoms with Crippen LogP contribution in [0, 0.1) is 0 Å². The first-order valence-corrected chi connectivity index (χ1v) is 9.59. The van der Waals surface area contributed by atoms with Crippen LogP contribution >= 0.6 is 11.3 Å². The van der Waals surface area contributed by atoms with E-state index in [9.17, 15) is 9.59 Å².